The minimum Gasteiger partial charge on any atom is -0.228 e. The summed E-state index contributed by atoms with van der Waals surface area (Å²) in [5, 5.41) is 0. The van der Waals surface area contributed by atoms with E-state index in [9.17, 15) is 8.42 Å². The van der Waals surface area contributed by atoms with Gasteiger partial charge in [-0.15, -0.1) is 0 Å². The van der Waals surface area contributed by atoms with E-state index in [0.717, 1.165) is 6.42 Å². The van der Waals surface area contributed by atoms with Crippen molar-refractivity contribution in [2.45, 2.75) is 15.4 Å². The van der Waals surface area contributed by atoms with Gasteiger partial charge in [-0.1, -0.05) is 31.9 Å². The quantitative estimate of drug-likeness (QED) is 0.626. The van der Waals surface area contributed by atoms with Crippen molar-refractivity contribution in [3.63, 3.8) is 0 Å². The van der Waals surface area contributed by atoms with Gasteiger partial charge in [0.1, 0.15) is 4.16 Å². The van der Waals surface area contributed by atoms with Gasteiger partial charge in [-0.2, -0.15) is 0 Å². The monoisotopic (exact) mass is 276 g/mol. The van der Waals surface area contributed by atoms with Crippen molar-refractivity contribution < 1.29 is 8.42 Å². The maximum Gasteiger partial charge on any atom is 0.164 e. The largest absolute Gasteiger partial charge is 0.228 e. The van der Waals surface area contributed by atoms with Crippen LogP contribution in [0.3, 0.4) is 0 Å². The van der Waals surface area contributed by atoms with Crippen LogP contribution in [0.1, 0.15) is 6.42 Å². The average molecular weight is 278 g/mol. The third kappa shape index (κ3) is 1.49. The van der Waals surface area contributed by atoms with Gasteiger partial charge in [0, 0.05) is 4.83 Å². The molecule has 54 valence electrons. The van der Waals surface area contributed by atoms with E-state index in [0.29, 0.717) is 5.75 Å². The molecule has 0 spiro atoms. The highest BCUT2D eigenvalue weighted by Crippen LogP contribution is 2.30. The molecule has 0 amide bonds. The minimum absolute atomic E-state index is 0.0995. The molecule has 0 aliphatic carbocycles. The van der Waals surface area contributed by atoms with E-state index in [-0.39, 0.29) is 8.99 Å². The van der Waals surface area contributed by atoms with Gasteiger partial charge in [-0.05, 0) is 6.42 Å². The highest BCUT2D eigenvalue weighted by Gasteiger charge is 2.36. The van der Waals surface area contributed by atoms with Crippen LogP contribution in [-0.2, 0) is 9.84 Å². The number of rotatable bonds is 0. The number of sulfone groups is 1. The summed E-state index contributed by atoms with van der Waals surface area (Å²) in [5.41, 5.74) is 0. The van der Waals surface area contributed by atoms with E-state index in [4.69, 9.17) is 0 Å². The Kier molecular flexibility index (Phi) is 2.23. The Labute approximate surface area is 71.2 Å². The topological polar surface area (TPSA) is 34.1 Å². The molecule has 1 heterocycles. The van der Waals surface area contributed by atoms with Crippen LogP contribution in [0.15, 0.2) is 0 Å². The minimum atomic E-state index is -2.80. The Morgan fingerprint density at radius 2 is 1.89 bits per heavy atom. The normalized spacial score (nSPS) is 41.1. The molecule has 0 aromatic heterocycles. The molecule has 0 radical (unpaired) electrons. The first kappa shape index (κ1) is 8.01. The molecule has 2 nitrogen and oxygen atoms in total. The molecule has 9 heavy (non-hydrogen) atoms. The molecule has 0 N–H and O–H groups in total. The third-order valence-electron chi connectivity index (χ3n) is 1.31. The van der Waals surface area contributed by atoms with Crippen molar-refractivity contribution in [3.05, 3.63) is 0 Å². The second-order valence-corrected chi connectivity index (χ2v) is 7.03. The molecule has 1 rings (SSSR count). The first-order chi connectivity index (χ1) is 4.04. The smallest absolute Gasteiger partial charge is 0.164 e. The molecular weight excluding hydrogens is 272 g/mol. The van der Waals surface area contributed by atoms with Crippen molar-refractivity contribution in [1.82, 2.24) is 0 Å². The molecule has 0 bridgehead atoms. The van der Waals surface area contributed by atoms with Gasteiger partial charge < -0.3 is 0 Å². The lowest BCUT2D eigenvalue weighted by Crippen LogP contribution is -2.13. The number of hydrogen-bond donors (Lipinski definition) is 0. The van der Waals surface area contributed by atoms with Crippen LogP contribution >= 0.6 is 31.9 Å². The van der Waals surface area contributed by atoms with E-state index < -0.39 is 9.84 Å². The molecule has 1 aliphatic heterocycles. The van der Waals surface area contributed by atoms with Crippen molar-refractivity contribution in [3.8, 4) is 0 Å². The van der Waals surface area contributed by atoms with Crippen LogP contribution in [0.4, 0.5) is 0 Å². The summed E-state index contributed by atoms with van der Waals surface area (Å²) in [6.07, 6.45) is 0.720. The standard InChI is InChI=1S/C4H6Br2O2S/c5-3-1-2-9(7,8)4(3)6/h3-4H,1-2H2/t3-,4-/m0/s1. The maximum atomic E-state index is 10.9. The molecule has 2 atom stereocenters. The van der Waals surface area contributed by atoms with Crippen LogP contribution in [0, 0.1) is 0 Å². The van der Waals surface area contributed by atoms with Gasteiger partial charge in [0.25, 0.3) is 0 Å². The molecule has 0 aromatic carbocycles. The van der Waals surface area contributed by atoms with E-state index in [1.165, 1.54) is 0 Å². The second kappa shape index (κ2) is 2.51. The Hall–Kier alpha value is 0.910. The van der Waals surface area contributed by atoms with Crippen molar-refractivity contribution >= 4 is 41.7 Å². The molecule has 5 heteroatoms. The molecule has 0 unspecified atom stereocenters. The molecular formula is C4H6Br2O2S. The van der Waals surface area contributed by atoms with Crippen molar-refractivity contribution in [2.24, 2.45) is 0 Å². The van der Waals surface area contributed by atoms with Gasteiger partial charge in [0.15, 0.2) is 9.84 Å². The summed E-state index contributed by atoms with van der Waals surface area (Å²) in [6.45, 7) is 0. The number of halogens is 2. The number of hydrogen-bond acceptors (Lipinski definition) is 2. The fourth-order valence-corrected chi connectivity index (χ4v) is 4.48. The summed E-state index contributed by atoms with van der Waals surface area (Å²) in [5.74, 6) is 0.304. The average Bonchev–Trinajstić information content (AvgIpc) is 1.97. The fraction of sp³-hybridized carbons (Fsp3) is 1.00. The van der Waals surface area contributed by atoms with Crippen LogP contribution in [0.2, 0.25) is 0 Å². The van der Waals surface area contributed by atoms with Gasteiger partial charge in [0.05, 0.1) is 5.75 Å². The highest BCUT2D eigenvalue weighted by atomic mass is 79.9. The lowest BCUT2D eigenvalue weighted by Gasteiger charge is -2.01. The summed E-state index contributed by atoms with van der Waals surface area (Å²) in [4.78, 5) is 0.0995. The molecule has 1 saturated heterocycles. The van der Waals surface area contributed by atoms with Gasteiger partial charge in [-0.3, -0.25) is 0 Å². The molecule has 1 aliphatic rings. The predicted octanol–water partition coefficient (Wildman–Crippen LogP) is 1.29. The first-order valence-corrected chi connectivity index (χ1v) is 6.08. The Bertz CT molecular complexity index is 199. The third-order valence-corrected chi connectivity index (χ3v) is 7.52. The summed E-state index contributed by atoms with van der Waals surface area (Å²) >= 11 is 6.34. The van der Waals surface area contributed by atoms with Gasteiger partial charge >= 0.3 is 0 Å². The second-order valence-electron chi connectivity index (χ2n) is 2.02. The lowest BCUT2D eigenvalue weighted by molar-refractivity contribution is 0.601. The van der Waals surface area contributed by atoms with Crippen LogP contribution < -0.4 is 0 Å². The van der Waals surface area contributed by atoms with Crippen molar-refractivity contribution in [1.29, 1.82) is 0 Å². The van der Waals surface area contributed by atoms with Gasteiger partial charge in [0.2, 0.25) is 0 Å². The molecule has 1 fully saturated rings. The van der Waals surface area contributed by atoms with Crippen LogP contribution in [-0.4, -0.2) is 23.2 Å². The summed E-state index contributed by atoms with van der Waals surface area (Å²) in [6, 6.07) is 0. The Morgan fingerprint density at radius 3 is 2.00 bits per heavy atom. The van der Waals surface area contributed by atoms with Crippen LogP contribution in [0.25, 0.3) is 0 Å². The first-order valence-electron chi connectivity index (χ1n) is 2.54. The lowest BCUT2D eigenvalue weighted by atomic mass is 10.4. The highest BCUT2D eigenvalue weighted by molar-refractivity contribution is 9.13. The molecule has 0 saturated carbocycles. The van der Waals surface area contributed by atoms with E-state index in [1.807, 2.05) is 0 Å². The van der Waals surface area contributed by atoms with E-state index >= 15 is 0 Å². The predicted molar refractivity (Wildman–Crippen MR) is 43.8 cm³/mol. The summed E-state index contributed by atoms with van der Waals surface area (Å²) in [7, 11) is -2.80. The van der Waals surface area contributed by atoms with Crippen molar-refractivity contribution in [2.75, 3.05) is 5.75 Å². The Morgan fingerprint density at radius 1 is 1.33 bits per heavy atom. The summed E-state index contributed by atoms with van der Waals surface area (Å²) < 4.78 is 21.4. The van der Waals surface area contributed by atoms with Gasteiger partial charge in [-0.25, -0.2) is 8.42 Å². The maximum absolute atomic E-state index is 10.9. The van der Waals surface area contributed by atoms with E-state index in [2.05, 4.69) is 31.9 Å². The fourth-order valence-electron chi connectivity index (χ4n) is 0.745. The number of alkyl halides is 2. The van der Waals surface area contributed by atoms with Crippen LogP contribution in [0.5, 0.6) is 0 Å². The Balaban J connectivity index is 2.87. The molecule has 0 aromatic rings. The zero-order chi connectivity index (χ0) is 7.07. The SMILES string of the molecule is O=S1(=O)CC[C@H](Br)[C@H]1Br. The zero-order valence-corrected chi connectivity index (χ0v) is 8.54. The van der Waals surface area contributed by atoms with E-state index in [1.54, 1.807) is 0 Å². The zero-order valence-electron chi connectivity index (χ0n) is 4.55.